The fourth-order valence-corrected chi connectivity index (χ4v) is 2.08. The van der Waals surface area contributed by atoms with E-state index in [1.165, 1.54) is 21.3 Å². The Bertz CT molecular complexity index is 290. The zero-order valence-corrected chi connectivity index (χ0v) is 12.3. The monoisotopic (exact) mass is 292 g/mol. The summed E-state index contributed by atoms with van der Waals surface area (Å²) in [7, 11) is 4.58. The fraction of sp³-hybridized carbons (Fsp3) is 0.923. The Morgan fingerprint density at radius 2 is 1.80 bits per heavy atom. The van der Waals surface area contributed by atoms with Crippen LogP contribution in [0.2, 0.25) is 0 Å². The molecule has 7 nitrogen and oxygen atoms in total. The van der Waals surface area contributed by atoms with Gasteiger partial charge in [0.25, 0.3) is 0 Å². The van der Waals surface area contributed by atoms with E-state index in [4.69, 9.17) is 23.7 Å². The molecule has 118 valence electrons. The van der Waals surface area contributed by atoms with Gasteiger partial charge in [0.1, 0.15) is 12.2 Å². The minimum absolute atomic E-state index is 0.156. The second kappa shape index (κ2) is 8.66. The zero-order valence-electron chi connectivity index (χ0n) is 12.3. The molecule has 2 aliphatic rings. The first kappa shape index (κ1) is 17.5. The first-order chi connectivity index (χ1) is 9.59. The Morgan fingerprint density at radius 1 is 1.15 bits per heavy atom. The molecule has 0 spiro atoms. The first-order valence-corrected chi connectivity index (χ1v) is 6.59. The number of rotatable bonds is 3. The number of hydrogen-bond donors (Lipinski definition) is 1. The van der Waals surface area contributed by atoms with Gasteiger partial charge in [0, 0.05) is 34.2 Å². The summed E-state index contributed by atoms with van der Waals surface area (Å²) in [5, 5.41) is 9.44. The predicted molar refractivity (Wildman–Crippen MR) is 69.4 cm³/mol. The van der Waals surface area contributed by atoms with Gasteiger partial charge in [0.2, 0.25) is 0 Å². The SMILES string of the molecule is COC1(OC)CCOCC1O.COC1COCCC1=O. The van der Waals surface area contributed by atoms with Crippen molar-refractivity contribution in [3.05, 3.63) is 0 Å². The van der Waals surface area contributed by atoms with Crippen LogP contribution in [0, 0.1) is 0 Å². The normalized spacial score (nSPS) is 29.5. The van der Waals surface area contributed by atoms with E-state index in [1.807, 2.05) is 0 Å². The lowest BCUT2D eigenvalue weighted by atomic mass is 10.1. The molecule has 0 amide bonds. The molecular formula is C13H24O7. The third-order valence-corrected chi connectivity index (χ3v) is 3.47. The van der Waals surface area contributed by atoms with Gasteiger partial charge >= 0.3 is 0 Å². The molecule has 2 heterocycles. The molecule has 0 aromatic carbocycles. The van der Waals surface area contributed by atoms with Crippen molar-refractivity contribution in [1.29, 1.82) is 0 Å². The smallest absolute Gasteiger partial charge is 0.198 e. The summed E-state index contributed by atoms with van der Waals surface area (Å²) < 4.78 is 25.0. The standard InChI is InChI=1S/C7H14O4.C6H10O3/c1-9-7(10-2)3-4-11-5-6(7)8;1-8-6-4-9-3-2-5(6)7/h6,8H,3-5H2,1-2H3;6H,2-4H2,1H3. The van der Waals surface area contributed by atoms with Crippen molar-refractivity contribution in [3.63, 3.8) is 0 Å². The molecular weight excluding hydrogens is 268 g/mol. The number of Topliss-reactive ketones (excluding diaryl/α,β-unsaturated/α-hetero) is 1. The molecule has 0 aromatic rings. The molecule has 2 aliphatic heterocycles. The topological polar surface area (TPSA) is 83.5 Å². The summed E-state index contributed by atoms with van der Waals surface area (Å²) >= 11 is 0. The van der Waals surface area contributed by atoms with E-state index >= 15 is 0 Å². The number of ketones is 1. The number of methoxy groups -OCH3 is 3. The van der Waals surface area contributed by atoms with Crippen LogP contribution < -0.4 is 0 Å². The van der Waals surface area contributed by atoms with Gasteiger partial charge in [-0.05, 0) is 0 Å². The van der Waals surface area contributed by atoms with Gasteiger partial charge in [0.05, 0.1) is 26.4 Å². The average Bonchev–Trinajstić information content (AvgIpc) is 2.49. The highest BCUT2D eigenvalue weighted by Gasteiger charge is 2.41. The van der Waals surface area contributed by atoms with Crippen molar-refractivity contribution in [1.82, 2.24) is 0 Å². The van der Waals surface area contributed by atoms with Crippen LogP contribution >= 0.6 is 0 Å². The van der Waals surface area contributed by atoms with Crippen LogP contribution in [0.3, 0.4) is 0 Å². The second-order valence-corrected chi connectivity index (χ2v) is 4.58. The van der Waals surface area contributed by atoms with Crippen molar-refractivity contribution in [2.45, 2.75) is 30.8 Å². The molecule has 2 saturated heterocycles. The van der Waals surface area contributed by atoms with E-state index in [9.17, 15) is 9.90 Å². The number of hydrogen-bond acceptors (Lipinski definition) is 7. The van der Waals surface area contributed by atoms with E-state index in [2.05, 4.69) is 0 Å². The van der Waals surface area contributed by atoms with Crippen LogP contribution in [0.5, 0.6) is 0 Å². The van der Waals surface area contributed by atoms with Crippen molar-refractivity contribution in [2.75, 3.05) is 47.8 Å². The number of aliphatic hydroxyl groups is 1. The lowest BCUT2D eigenvalue weighted by Gasteiger charge is -2.38. The van der Waals surface area contributed by atoms with Crippen LogP contribution in [-0.4, -0.2) is 76.6 Å². The Balaban J connectivity index is 0.000000204. The highest BCUT2D eigenvalue weighted by Crippen LogP contribution is 2.25. The molecule has 0 radical (unpaired) electrons. The maximum absolute atomic E-state index is 10.8. The van der Waals surface area contributed by atoms with E-state index in [0.29, 0.717) is 32.7 Å². The Kier molecular flexibility index (Phi) is 7.57. The Hall–Kier alpha value is -0.570. The minimum atomic E-state index is -0.849. The molecule has 20 heavy (non-hydrogen) atoms. The third-order valence-electron chi connectivity index (χ3n) is 3.47. The summed E-state index contributed by atoms with van der Waals surface area (Å²) in [5.41, 5.74) is 0. The average molecular weight is 292 g/mol. The molecule has 2 atom stereocenters. The zero-order chi connectivity index (χ0) is 15.0. The van der Waals surface area contributed by atoms with Crippen molar-refractivity contribution in [2.24, 2.45) is 0 Å². The minimum Gasteiger partial charge on any atom is -0.385 e. The number of carbonyl (C=O) groups is 1. The quantitative estimate of drug-likeness (QED) is 0.718. The predicted octanol–water partition coefficient (Wildman–Crippen LogP) is -0.252. The molecule has 2 unspecified atom stereocenters. The van der Waals surface area contributed by atoms with Crippen LogP contribution in [-0.2, 0) is 28.5 Å². The van der Waals surface area contributed by atoms with E-state index in [-0.39, 0.29) is 18.5 Å². The van der Waals surface area contributed by atoms with Gasteiger partial charge in [-0.15, -0.1) is 0 Å². The molecule has 1 N–H and O–H groups in total. The summed E-state index contributed by atoms with van der Waals surface area (Å²) in [4.78, 5) is 10.8. The van der Waals surface area contributed by atoms with Crippen LogP contribution in [0.1, 0.15) is 12.8 Å². The molecule has 0 bridgehead atoms. The largest absolute Gasteiger partial charge is 0.385 e. The van der Waals surface area contributed by atoms with Gasteiger partial charge < -0.3 is 28.8 Å². The lowest BCUT2D eigenvalue weighted by Crippen LogP contribution is -2.52. The Labute approximate surface area is 119 Å². The first-order valence-electron chi connectivity index (χ1n) is 6.59. The third kappa shape index (κ3) is 4.47. The van der Waals surface area contributed by atoms with E-state index < -0.39 is 11.9 Å². The van der Waals surface area contributed by atoms with Gasteiger partial charge in [0.15, 0.2) is 11.6 Å². The van der Waals surface area contributed by atoms with Crippen molar-refractivity contribution in [3.8, 4) is 0 Å². The Morgan fingerprint density at radius 3 is 2.20 bits per heavy atom. The summed E-state index contributed by atoms with van der Waals surface area (Å²) in [6.07, 6.45) is 0.0737. The number of carbonyl (C=O) groups excluding carboxylic acids is 1. The van der Waals surface area contributed by atoms with Crippen LogP contribution in [0.15, 0.2) is 0 Å². The van der Waals surface area contributed by atoms with Gasteiger partial charge in [-0.2, -0.15) is 0 Å². The maximum atomic E-state index is 10.8. The summed E-state index contributed by atoms with van der Waals surface area (Å²) in [5.74, 6) is -0.693. The number of aliphatic hydroxyl groups excluding tert-OH is 1. The highest BCUT2D eigenvalue weighted by molar-refractivity contribution is 5.83. The maximum Gasteiger partial charge on any atom is 0.198 e. The van der Waals surface area contributed by atoms with E-state index in [1.54, 1.807) is 0 Å². The van der Waals surface area contributed by atoms with Gasteiger partial charge in [-0.25, -0.2) is 0 Å². The molecule has 0 saturated carbocycles. The number of ether oxygens (including phenoxy) is 5. The lowest BCUT2D eigenvalue weighted by molar-refractivity contribution is -0.292. The van der Waals surface area contributed by atoms with Crippen molar-refractivity contribution >= 4 is 5.78 Å². The summed E-state index contributed by atoms with van der Waals surface area (Å²) in [6.45, 7) is 1.83. The molecule has 0 aliphatic carbocycles. The summed E-state index contributed by atoms with van der Waals surface area (Å²) in [6, 6.07) is 0. The molecule has 0 aromatic heterocycles. The molecule has 2 fully saturated rings. The van der Waals surface area contributed by atoms with Gasteiger partial charge in [-0.1, -0.05) is 0 Å². The second-order valence-electron chi connectivity index (χ2n) is 4.58. The van der Waals surface area contributed by atoms with Crippen LogP contribution in [0.4, 0.5) is 0 Å². The van der Waals surface area contributed by atoms with Gasteiger partial charge in [-0.3, -0.25) is 4.79 Å². The fourth-order valence-electron chi connectivity index (χ4n) is 2.08. The van der Waals surface area contributed by atoms with Crippen molar-refractivity contribution < 1.29 is 33.6 Å². The highest BCUT2D eigenvalue weighted by atomic mass is 16.7. The van der Waals surface area contributed by atoms with Crippen LogP contribution in [0.25, 0.3) is 0 Å². The molecule has 2 rings (SSSR count). The van der Waals surface area contributed by atoms with E-state index in [0.717, 1.165) is 0 Å². The molecule has 7 heteroatoms.